The molecule has 0 bridgehead atoms. The van der Waals surface area contributed by atoms with Crippen molar-refractivity contribution in [2.75, 3.05) is 4.90 Å². The van der Waals surface area contributed by atoms with Crippen LogP contribution in [0.5, 0.6) is 0 Å². The molecule has 0 aliphatic carbocycles. The van der Waals surface area contributed by atoms with Gasteiger partial charge in [-0.15, -0.1) is 10.2 Å². The van der Waals surface area contributed by atoms with Crippen molar-refractivity contribution in [3.8, 4) is 0 Å². The van der Waals surface area contributed by atoms with Gasteiger partial charge in [0.05, 0.1) is 21.9 Å². The molecule has 1 amide bonds. The fourth-order valence-corrected chi connectivity index (χ4v) is 4.69. The molecule has 0 fully saturated rings. The number of nitro groups is 1. The number of fused-ring (bicyclic) bond motifs is 2. The summed E-state index contributed by atoms with van der Waals surface area (Å²) >= 11 is 4.56. The molecule has 31 heavy (non-hydrogen) atoms. The minimum atomic E-state index is -0.852. The Balaban J connectivity index is 1.79. The van der Waals surface area contributed by atoms with Gasteiger partial charge in [-0.1, -0.05) is 27.3 Å². The molecule has 2 aromatic carbocycles. The molecule has 3 heterocycles. The van der Waals surface area contributed by atoms with Gasteiger partial charge in [0, 0.05) is 16.6 Å². The van der Waals surface area contributed by atoms with E-state index in [2.05, 4.69) is 26.1 Å². The van der Waals surface area contributed by atoms with Crippen molar-refractivity contribution in [2.45, 2.75) is 13.0 Å². The van der Waals surface area contributed by atoms with Crippen LogP contribution in [-0.4, -0.2) is 21.0 Å². The second-order valence-electron chi connectivity index (χ2n) is 6.84. The van der Waals surface area contributed by atoms with Crippen LogP contribution in [-0.2, 0) is 0 Å². The zero-order chi connectivity index (χ0) is 21.9. The van der Waals surface area contributed by atoms with Gasteiger partial charge in [0.15, 0.2) is 5.43 Å². The van der Waals surface area contributed by atoms with Crippen LogP contribution in [0.2, 0.25) is 0 Å². The fraction of sp³-hybridized carbons (Fsp3) is 0.100. The number of non-ortho nitro benzene ring substituents is 1. The number of aromatic nitrogens is 2. The van der Waals surface area contributed by atoms with Gasteiger partial charge in [0.25, 0.3) is 11.6 Å². The molecule has 1 unspecified atom stereocenters. The third-order valence-electron chi connectivity index (χ3n) is 4.97. The first-order valence-electron chi connectivity index (χ1n) is 8.99. The van der Waals surface area contributed by atoms with E-state index in [0.717, 1.165) is 0 Å². The average molecular weight is 499 g/mol. The Morgan fingerprint density at radius 1 is 1.16 bits per heavy atom. The van der Waals surface area contributed by atoms with Crippen molar-refractivity contribution in [3.05, 3.63) is 89.2 Å². The Hall–Kier alpha value is -3.44. The van der Waals surface area contributed by atoms with Crippen molar-refractivity contribution >= 4 is 55.0 Å². The number of hydrogen-bond acceptors (Lipinski definition) is 8. The lowest BCUT2D eigenvalue weighted by atomic mass is 9.98. The van der Waals surface area contributed by atoms with Gasteiger partial charge >= 0.3 is 0 Å². The second-order valence-corrected chi connectivity index (χ2v) is 8.92. The summed E-state index contributed by atoms with van der Waals surface area (Å²) in [4.78, 5) is 38.7. The molecule has 4 aromatic rings. The largest absolute Gasteiger partial charge is 0.450 e. The highest BCUT2D eigenvalue weighted by molar-refractivity contribution is 9.10. The van der Waals surface area contributed by atoms with Gasteiger partial charge in [0.1, 0.15) is 10.6 Å². The molecule has 0 saturated heterocycles. The number of hydrogen-bond donors (Lipinski definition) is 0. The molecular weight excluding hydrogens is 488 g/mol. The molecule has 1 aliphatic rings. The van der Waals surface area contributed by atoms with Crippen LogP contribution >= 0.6 is 27.3 Å². The lowest BCUT2D eigenvalue weighted by molar-refractivity contribution is -0.384. The quantitative estimate of drug-likeness (QED) is 0.303. The second kappa shape index (κ2) is 7.06. The molecule has 0 radical (unpaired) electrons. The van der Waals surface area contributed by atoms with E-state index in [-0.39, 0.29) is 28.0 Å². The van der Waals surface area contributed by atoms with E-state index in [0.29, 0.717) is 25.6 Å². The van der Waals surface area contributed by atoms with Crippen LogP contribution in [0.3, 0.4) is 0 Å². The first-order valence-corrected chi connectivity index (χ1v) is 10.6. The zero-order valence-electron chi connectivity index (χ0n) is 15.7. The number of rotatable bonds is 3. The summed E-state index contributed by atoms with van der Waals surface area (Å²) in [6, 6.07) is 9.84. The first kappa shape index (κ1) is 19.5. The Morgan fingerprint density at radius 2 is 1.90 bits per heavy atom. The summed E-state index contributed by atoms with van der Waals surface area (Å²) in [5, 5.41) is 20.4. The van der Waals surface area contributed by atoms with E-state index >= 15 is 0 Å². The molecule has 2 aromatic heterocycles. The number of aryl methyl sites for hydroxylation is 1. The van der Waals surface area contributed by atoms with Crippen molar-refractivity contribution in [1.29, 1.82) is 0 Å². The minimum absolute atomic E-state index is 0.0731. The molecule has 154 valence electrons. The van der Waals surface area contributed by atoms with Gasteiger partial charge in [0.2, 0.25) is 10.9 Å². The number of anilines is 1. The first-order chi connectivity index (χ1) is 14.8. The maximum Gasteiger partial charge on any atom is 0.297 e. The normalized spacial score (nSPS) is 15.5. The maximum atomic E-state index is 13.5. The molecule has 11 heteroatoms. The van der Waals surface area contributed by atoms with E-state index in [4.69, 9.17) is 4.42 Å². The summed E-state index contributed by atoms with van der Waals surface area (Å²) in [5.74, 6) is -0.590. The Labute approximate surface area is 186 Å². The zero-order valence-corrected chi connectivity index (χ0v) is 18.1. The molecule has 0 saturated carbocycles. The van der Waals surface area contributed by atoms with Crippen LogP contribution in [0.4, 0.5) is 10.8 Å². The molecule has 5 rings (SSSR count). The third kappa shape index (κ3) is 3.04. The molecular formula is C20H11BrN4O5S. The minimum Gasteiger partial charge on any atom is -0.450 e. The Morgan fingerprint density at radius 3 is 2.55 bits per heavy atom. The topological polar surface area (TPSA) is 119 Å². The molecule has 0 spiro atoms. The molecule has 1 atom stereocenters. The van der Waals surface area contributed by atoms with Crippen molar-refractivity contribution in [2.24, 2.45) is 0 Å². The monoisotopic (exact) mass is 498 g/mol. The van der Waals surface area contributed by atoms with Crippen LogP contribution in [0, 0.1) is 17.0 Å². The summed E-state index contributed by atoms with van der Waals surface area (Å²) in [5.41, 5.74) is 0.529. The van der Waals surface area contributed by atoms with E-state index in [1.807, 2.05) is 0 Å². The fourth-order valence-electron chi connectivity index (χ4n) is 3.62. The predicted molar refractivity (Wildman–Crippen MR) is 117 cm³/mol. The number of nitrogens with zero attached hydrogens (tertiary/aromatic N) is 4. The SMILES string of the molecule is Cc1nnc(N2C(=O)c3oc4ccc(Br)cc4c(=O)c3C2c2ccc([N+](=O)[O-])cc2)s1. The third-order valence-corrected chi connectivity index (χ3v) is 6.30. The smallest absolute Gasteiger partial charge is 0.297 e. The van der Waals surface area contributed by atoms with Crippen LogP contribution in [0.25, 0.3) is 11.0 Å². The number of nitro benzene ring substituents is 1. The van der Waals surface area contributed by atoms with Crippen LogP contribution in [0.1, 0.15) is 32.7 Å². The highest BCUT2D eigenvalue weighted by Crippen LogP contribution is 2.42. The summed E-state index contributed by atoms with van der Waals surface area (Å²) in [7, 11) is 0. The van der Waals surface area contributed by atoms with Crippen molar-refractivity contribution in [3.63, 3.8) is 0 Å². The molecule has 0 N–H and O–H groups in total. The maximum absolute atomic E-state index is 13.5. The van der Waals surface area contributed by atoms with Gasteiger partial charge in [-0.25, -0.2) is 0 Å². The van der Waals surface area contributed by atoms with Crippen LogP contribution < -0.4 is 10.3 Å². The molecule has 9 nitrogen and oxygen atoms in total. The van der Waals surface area contributed by atoms with E-state index < -0.39 is 16.9 Å². The Kier molecular flexibility index (Phi) is 4.45. The van der Waals surface area contributed by atoms with E-state index in [1.165, 1.54) is 40.5 Å². The lowest BCUT2D eigenvalue weighted by Gasteiger charge is -2.21. The number of carbonyl (C=O) groups excluding carboxylic acids is 1. The standard InChI is InChI=1S/C20H11BrN4O5S/c1-9-22-23-20(31-9)24-16(10-2-5-12(6-3-10)25(28)29)15-17(26)13-8-11(21)4-7-14(13)30-18(15)19(24)27/h2-8,16H,1H3. The lowest BCUT2D eigenvalue weighted by Crippen LogP contribution is -2.29. The van der Waals surface area contributed by atoms with Crippen LogP contribution in [0.15, 0.2) is 56.1 Å². The van der Waals surface area contributed by atoms with Gasteiger partial charge in [-0.2, -0.15) is 0 Å². The summed E-state index contributed by atoms with van der Waals surface area (Å²) in [6.45, 7) is 1.75. The summed E-state index contributed by atoms with van der Waals surface area (Å²) < 4.78 is 6.56. The van der Waals surface area contributed by atoms with Crippen molar-refractivity contribution < 1.29 is 14.1 Å². The number of halogens is 1. The van der Waals surface area contributed by atoms with E-state index in [1.54, 1.807) is 25.1 Å². The number of carbonyl (C=O) groups is 1. The van der Waals surface area contributed by atoms with E-state index in [9.17, 15) is 19.7 Å². The van der Waals surface area contributed by atoms with Crippen molar-refractivity contribution in [1.82, 2.24) is 10.2 Å². The number of amides is 1. The predicted octanol–water partition coefficient (Wildman–Crippen LogP) is 4.37. The Bertz CT molecular complexity index is 1450. The average Bonchev–Trinajstić information content (AvgIpc) is 3.30. The van der Waals surface area contributed by atoms with Gasteiger partial charge in [-0.3, -0.25) is 24.6 Å². The highest BCUT2D eigenvalue weighted by Gasteiger charge is 2.45. The number of benzene rings is 2. The highest BCUT2D eigenvalue weighted by atomic mass is 79.9. The molecule has 1 aliphatic heterocycles. The summed E-state index contributed by atoms with van der Waals surface area (Å²) in [6.07, 6.45) is 0. The van der Waals surface area contributed by atoms with Gasteiger partial charge < -0.3 is 4.42 Å². The van der Waals surface area contributed by atoms with Gasteiger partial charge in [-0.05, 0) is 42.8 Å².